The second-order valence-electron chi connectivity index (χ2n) is 4.07. The Balaban J connectivity index is 1.91. The molecular weight excluding hydrogens is 166 g/mol. The average molecular weight is 183 g/mol. The lowest BCUT2D eigenvalue weighted by atomic mass is 9.88. The van der Waals surface area contributed by atoms with Crippen LogP contribution in [0.25, 0.3) is 0 Å². The van der Waals surface area contributed by atoms with Gasteiger partial charge in [-0.3, -0.25) is 4.79 Å². The number of hydrogen-bond acceptors (Lipinski definition) is 3. The van der Waals surface area contributed by atoms with Crippen LogP contribution in [0.4, 0.5) is 0 Å². The van der Waals surface area contributed by atoms with Crippen molar-refractivity contribution in [1.29, 1.82) is 0 Å². The average Bonchev–Trinajstić information content (AvgIpc) is 2.48. The fraction of sp³-hybridized carbons (Fsp3) is 0.900. The third-order valence-corrected chi connectivity index (χ3v) is 3.11. The second-order valence-corrected chi connectivity index (χ2v) is 4.07. The molecule has 2 aliphatic heterocycles. The zero-order chi connectivity index (χ0) is 9.26. The van der Waals surface area contributed by atoms with Crippen molar-refractivity contribution in [3.05, 3.63) is 0 Å². The van der Waals surface area contributed by atoms with Crippen molar-refractivity contribution in [2.24, 2.45) is 5.92 Å². The minimum Gasteiger partial charge on any atom is -0.464 e. The van der Waals surface area contributed by atoms with Crippen molar-refractivity contribution in [1.82, 2.24) is 5.32 Å². The van der Waals surface area contributed by atoms with Crippen LogP contribution in [0.2, 0.25) is 0 Å². The van der Waals surface area contributed by atoms with Gasteiger partial charge < -0.3 is 10.1 Å². The van der Waals surface area contributed by atoms with Gasteiger partial charge in [0, 0.05) is 6.04 Å². The van der Waals surface area contributed by atoms with E-state index in [9.17, 15) is 4.79 Å². The summed E-state index contributed by atoms with van der Waals surface area (Å²) >= 11 is 0. The molecule has 0 amide bonds. The number of fused-ring (bicyclic) bond motifs is 1. The third kappa shape index (κ3) is 1.70. The number of ether oxygens (including phenoxy) is 1. The molecule has 13 heavy (non-hydrogen) atoms. The first-order valence-corrected chi connectivity index (χ1v) is 5.24. The SMILES string of the molecule is CCC[C@H]1CC[C@H]2C(=O)OC[C@H]2N1. The number of cyclic esters (lactones) is 1. The maximum Gasteiger partial charge on any atom is 0.310 e. The fourth-order valence-corrected chi connectivity index (χ4v) is 2.39. The van der Waals surface area contributed by atoms with E-state index in [2.05, 4.69) is 12.2 Å². The molecule has 74 valence electrons. The van der Waals surface area contributed by atoms with Crippen LogP contribution in [0.5, 0.6) is 0 Å². The van der Waals surface area contributed by atoms with E-state index >= 15 is 0 Å². The van der Waals surface area contributed by atoms with Gasteiger partial charge in [0.2, 0.25) is 0 Å². The van der Waals surface area contributed by atoms with Crippen molar-refractivity contribution >= 4 is 5.97 Å². The molecule has 2 aliphatic rings. The molecule has 3 heteroatoms. The molecular formula is C10H17NO2. The Morgan fingerprint density at radius 3 is 3.15 bits per heavy atom. The highest BCUT2D eigenvalue weighted by Gasteiger charge is 2.40. The molecule has 0 aromatic rings. The number of esters is 1. The molecule has 0 saturated carbocycles. The minimum atomic E-state index is 0.00690. The lowest BCUT2D eigenvalue weighted by molar-refractivity contribution is -0.141. The van der Waals surface area contributed by atoms with E-state index < -0.39 is 0 Å². The zero-order valence-electron chi connectivity index (χ0n) is 8.08. The first-order chi connectivity index (χ1) is 6.31. The molecule has 3 nitrogen and oxygen atoms in total. The minimum absolute atomic E-state index is 0.00690. The van der Waals surface area contributed by atoms with E-state index in [1.807, 2.05) is 0 Å². The van der Waals surface area contributed by atoms with Crippen LogP contribution in [0, 0.1) is 5.92 Å². The summed E-state index contributed by atoms with van der Waals surface area (Å²) in [4.78, 5) is 11.2. The largest absolute Gasteiger partial charge is 0.464 e. The summed E-state index contributed by atoms with van der Waals surface area (Å²) in [6, 6.07) is 0.915. The van der Waals surface area contributed by atoms with Crippen LogP contribution >= 0.6 is 0 Å². The van der Waals surface area contributed by atoms with Gasteiger partial charge in [-0.1, -0.05) is 13.3 Å². The first-order valence-electron chi connectivity index (χ1n) is 5.24. The number of carbonyl (C=O) groups excluding carboxylic acids is 1. The topological polar surface area (TPSA) is 38.3 Å². The highest BCUT2D eigenvalue weighted by Crippen LogP contribution is 2.27. The molecule has 0 aliphatic carbocycles. The lowest BCUT2D eigenvalue weighted by Crippen LogP contribution is -2.47. The van der Waals surface area contributed by atoms with Gasteiger partial charge in [0.25, 0.3) is 0 Å². The van der Waals surface area contributed by atoms with Crippen LogP contribution < -0.4 is 5.32 Å². The number of carbonyl (C=O) groups is 1. The van der Waals surface area contributed by atoms with Crippen LogP contribution in [0.1, 0.15) is 32.6 Å². The maximum absolute atomic E-state index is 11.2. The Labute approximate surface area is 78.8 Å². The molecule has 2 rings (SSSR count). The monoisotopic (exact) mass is 183 g/mol. The van der Waals surface area contributed by atoms with E-state index in [4.69, 9.17) is 4.74 Å². The van der Waals surface area contributed by atoms with Crippen LogP contribution in [0.15, 0.2) is 0 Å². The third-order valence-electron chi connectivity index (χ3n) is 3.11. The van der Waals surface area contributed by atoms with Gasteiger partial charge in [0.15, 0.2) is 0 Å². The van der Waals surface area contributed by atoms with Gasteiger partial charge in [-0.15, -0.1) is 0 Å². The molecule has 2 heterocycles. The molecule has 0 radical (unpaired) electrons. The summed E-state index contributed by atoms with van der Waals surface area (Å²) in [5.41, 5.74) is 0. The molecule has 0 bridgehead atoms. The van der Waals surface area contributed by atoms with E-state index in [0.717, 1.165) is 12.8 Å². The normalized spacial score (nSPS) is 38.5. The molecule has 0 unspecified atom stereocenters. The molecule has 3 atom stereocenters. The Morgan fingerprint density at radius 1 is 1.54 bits per heavy atom. The van der Waals surface area contributed by atoms with E-state index in [1.165, 1.54) is 12.8 Å². The zero-order valence-corrected chi connectivity index (χ0v) is 8.08. The summed E-state index contributed by atoms with van der Waals surface area (Å²) in [5, 5.41) is 3.50. The van der Waals surface area contributed by atoms with Crippen LogP contribution in [-0.4, -0.2) is 24.7 Å². The number of rotatable bonds is 2. The van der Waals surface area contributed by atoms with Crippen LogP contribution in [-0.2, 0) is 9.53 Å². The smallest absolute Gasteiger partial charge is 0.310 e. The van der Waals surface area contributed by atoms with Crippen molar-refractivity contribution in [3.8, 4) is 0 Å². The standard InChI is InChI=1S/C10H17NO2/c1-2-3-7-4-5-8-9(11-7)6-13-10(8)12/h7-9,11H,2-6H2,1H3/t7-,8+,9+/m0/s1. The second kappa shape index (κ2) is 3.66. The van der Waals surface area contributed by atoms with Crippen molar-refractivity contribution < 1.29 is 9.53 Å². The van der Waals surface area contributed by atoms with Gasteiger partial charge in [-0.05, 0) is 19.3 Å². The summed E-state index contributed by atoms with van der Waals surface area (Å²) in [5.74, 6) is 0.153. The quantitative estimate of drug-likeness (QED) is 0.651. The Bertz CT molecular complexity index is 205. The van der Waals surface area contributed by atoms with E-state index in [-0.39, 0.29) is 11.9 Å². The summed E-state index contributed by atoms with van der Waals surface area (Å²) < 4.78 is 5.02. The maximum atomic E-state index is 11.2. The van der Waals surface area contributed by atoms with E-state index in [0.29, 0.717) is 18.7 Å². The van der Waals surface area contributed by atoms with Gasteiger partial charge in [-0.2, -0.15) is 0 Å². The van der Waals surface area contributed by atoms with Crippen molar-refractivity contribution in [2.75, 3.05) is 6.61 Å². The van der Waals surface area contributed by atoms with Gasteiger partial charge in [0.05, 0.1) is 12.0 Å². The molecule has 0 aromatic heterocycles. The highest BCUT2D eigenvalue weighted by atomic mass is 16.5. The molecule has 1 N–H and O–H groups in total. The van der Waals surface area contributed by atoms with Gasteiger partial charge in [-0.25, -0.2) is 0 Å². The lowest BCUT2D eigenvalue weighted by Gasteiger charge is -2.30. The van der Waals surface area contributed by atoms with Gasteiger partial charge in [0.1, 0.15) is 6.61 Å². The predicted octanol–water partition coefficient (Wildman–Crippen LogP) is 1.08. The van der Waals surface area contributed by atoms with E-state index in [1.54, 1.807) is 0 Å². The fourth-order valence-electron chi connectivity index (χ4n) is 2.39. The van der Waals surface area contributed by atoms with Crippen molar-refractivity contribution in [3.63, 3.8) is 0 Å². The highest BCUT2D eigenvalue weighted by molar-refractivity contribution is 5.75. The Morgan fingerprint density at radius 2 is 2.38 bits per heavy atom. The number of hydrogen-bond donors (Lipinski definition) is 1. The molecule has 2 fully saturated rings. The van der Waals surface area contributed by atoms with Crippen LogP contribution in [0.3, 0.4) is 0 Å². The molecule has 2 saturated heterocycles. The Hall–Kier alpha value is -0.570. The number of piperidine rings is 1. The summed E-state index contributed by atoms with van der Waals surface area (Å²) in [6.45, 7) is 2.79. The molecule has 0 spiro atoms. The summed E-state index contributed by atoms with van der Waals surface area (Å²) in [7, 11) is 0. The summed E-state index contributed by atoms with van der Waals surface area (Å²) in [6.07, 6.45) is 4.58. The molecule has 0 aromatic carbocycles. The Kier molecular flexibility index (Phi) is 2.54. The first kappa shape index (κ1) is 9.00. The van der Waals surface area contributed by atoms with Gasteiger partial charge >= 0.3 is 5.97 Å². The predicted molar refractivity (Wildman–Crippen MR) is 49.3 cm³/mol. The van der Waals surface area contributed by atoms with Crippen molar-refractivity contribution in [2.45, 2.75) is 44.7 Å². The number of nitrogens with one attached hydrogen (secondary N) is 1.